The molecule has 13 heavy (non-hydrogen) atoms. The second-order valence-corrected chi connectivity index (χ2v) is 2.92. The van der Waals surface area contributed by atoms with Crippen molar-refractivity contribution in [1.82, 2.24) is 4.98 Å². The Morgan fingerprint density at radius 1 is 1.46 bits per heavy atom. The molecule has 2 nitrogen and oxygen atoms in total. The highest BCUT2D eigenvalue weighted by Crippen LogP contribution is 2.20. The number of ether oxygens (including phenoxy) is 1. The largest absolute Gasteiger partial charge is 0.377 e. The fourth-order valence-corrected chi connectivity index (χ4v) is 1.39. The van der Waals surface area contributed by atoms with Gasteiger partial charge < -0.3 is 4.74 Å². The van der Waals surface area contributed by atoms with E-state index in [9.17, 15) is 4.39 Å². The first-order chi connectivity index (χ1) is 6.36. The second kappa shape index (κ2) is 3.66. The Morgan fingerprint density at radius 2 is 2.38 bits per heavy atom. The maximum atomic E-state index is 12.8. The molecule has 0 atom stereocenters. The molecule has 1 aliphatic rings. The molecule has 68 valence electrons. The summed E-state index contributed by atoms with van der Waals surface area (Å²) in [6, 6.07) is 3.28. The van der Waals surface area contributed by atoms with Crippen molar-refractivity contribution >= 4 is 5.57 Å². The van der Waals surface area contributed by atoms with Crippen molar-refractivity contribution in [3.63, 3.8) is 0 Å². The van der Waals surface area contributed by atoms with Crippen molar-refractivity contribution in [2.75, 3.05) is 13.2 Å². The van der Waals surface area contributed by atoms with Crippen LogP contribution in [-0.2, 0) is 4.74 Å². The van der Waals surface area contributed by atoms with Crippen LogP contribution in [0.4, 0.5) is 4.39 Å². The molecule has 0 amide bonds. The SMILES string of the molecule is Fc1cc(C2=CCOCC2)ccn1. The van der Waals surface area contributed by atoms with E-state index in [1.807, 2.05) is 12.1 Å². The highest BCUT2D eigenvalue weighted by atomic mass is 19.1. The van der Waals surface area contributed by atoms with Gasteiger partial charge in [0.2, 0.25) is 5.95 Å². The summed E-state index contributed by atoms with van der Waals surface area (Å²) in [6.07, 6.45) is 4.32. The molecule has 0 unspecified atom stereocenters. The van der Waals surface area contributed by atoms with E-state index in [2.05, 4.69) is 4.98 Å². The summed E-state index contributed by atoms with van der Waals surface area (Å²) in [5.41, 5.74) is 2.06. The van der Waals surface area contributed by atoms with Crippen LogP contribution in [0.2, 0.25) is 0 Å². The monoisotopic (exact) mass is 179 g/mol. The molecule has 1 aliphatic heterocycles. The minimum Gasteiger partial charge on any atom is -0.377 e. The molecule has 0 saturated carbocycles. The van der Waals surface area contributed by atoms with Crippen LogP contribution < -0.4 is 0 Å². The quantitative estimate of drug-likeness (QED) is 0.615. The van der Waals surface area contributed by atoms with Crippen LogP contribution in [-0.4, -0.2) is 18.2 Å². The maximum absolute atomic E-state index is 12.8. The van der Waals surface area contributed by atoms with Gasteiger partial charge in [-0.3, -0.25) is 0 Å². The van der Waals surface area contributed by atoms with E-state index in [-0.39, 0.29) is 0 Å². The van der Waals surface area contributed by atoms with Crippen molar-refractivity contribution < 1.29 is 9.13 Å². The molecule has 1 aromatic heterocycles. The zero-order valence-electron chi connectivity index (χ0n) is 7.16. The molecular formula is C10H10FNO. The summed E-state index contributed by atoms with van der Waals surface area (Å²) >= 11 is 0. The lowest BCUT2D eigenvalue weighted by molar-refractivity contribution is 0.161. The molecule has 0 spiro atoms. The average Bonchev–Trinajstić information content (AvgIpc) is 2.19. The number of aromatic nitrogens is 1. The minimum atomic E-state index is -0.426. The Balaban J connectivity index is 2.29. The van der Waals surface area contributed by atoms with Crippen LogP contribution in [0.3, 0.4) is 0 Å². The fraction of sp³-hybridized carbons (Fsp3) is 0.300. The number of rotatable bonds is 1. The number of nitrogens with zero attached hydrogens (tertiary/aromatic N) is 1. The van der Waals surface area contributed by atoms with E-state index in [4.69, 9.17) is 4.74 Å². The normalized spacial score (nSPS) is 16.8. The lowest BCUT2D eigenvalue weighted by Gasteiger charge is -2.13. The average molecular weight is 179 g/mol. The summed E-state index contributed by atoms with van der Waals surface area (Å²) in [7, 11) is 0. The summed E-state index contributed by atoms with van der Waals surface area (Å²) in [6.45, 7) is 1.34. The van der Waals surface area contributed by atoms with Gasteiger partial charge in [0.05, 0.1) is 13.2 Å². The zero-order chi connectivity index (χ0) is 9.10. The van der Waals surface area contributed by atoms with Gasteiger partial charge in [0.25, 0.3) is 0 Å². The molecule has 0 fully saturated rings. The van der Waals surface area contributed by atoms with E-state index in [0.29, 0.717) is 6.61 Å². The molecule has 3 heteroatoms. The zero-order valence-corrected chi connectivity index (χ0v) is 7.16. The van der Waals surface area contributed by atoms with Crippen LogP contribution in [0.25, 0.3) is 5.57 Å². The molecule has 2 rings (SSSR count). The lowest BCUT2D eigenvalue weighted by atomic mass is 10.0. The first kappa shape index (κ1) is 8.38. The molecule has 0 bridgehead atoms. The topological polar surface area (TPSA) is 22.1 Å². The molecule has 0 aromatic carbocycles. The van der Waals surface area contributed by atoms with Crippen molar-refractivity contribution in [1.29, 1.82) is 0 Å². The summed E-state index contributed by atoms with van der Waals surface area (Å²) < 4.78 is 17.9. The lowest BCUT2D eigenvalue weighted by Crippen LogP contribution is -2.03. The summed E-state index contributed by atoms with van der Waals surface area (Å²) in [5.74, 6) is -0.426. The van der Waals surface area contributed by atoms with Crippen LogP contribution in [0.15, 0.2) is 24.4 Å². The summed E-state index contributed by atoms with van der Waals surface area (Å²) in [4.78, 5) is 3.51. The first-order valence-corrected chi connectivity index (χ1v) is 4.25. The van der Waals surface area contributed by atoms with Crippen molar-refractivity contribution in [3.8, 4) is 0 Å². The van der Waals surface area contributed by atoms with E-state index in [1.54, 1.807) is 0 Å². The molecule has 2 heterocycles. The predicted octanol–water partition coefficient (Wildman–Crippen LogP) is 2.02. The molecule has 0 saturated heterocycles. The van der Waals surface area contributed by atoms with E-state index in [1.165, 1.54) is 12.3 Å². The van der Waals surface area contributed by atoms with Gasteiger partial charge in [0.15, 0.2) is 0 Å². The van der Waals surface area contributed by atoms with Crippen LogP contribution >= 0.6 is 0 Å². The van der Waals surface area contributed by atoms with Crippen molar-refractivity contribution in [2.45, 2.75) is 6.42 Å². The molecule has 1 aromatic rings. The van der Waals surface area contributed by atoms with Gasteiger partial charge in [-0.1, -0.05) is 6.08 Å². The molecule has 0 N–H and O–H groups in total. The van der Waals surface area contributed by atoms with E-state index >= 15 is 0 Å². The smallest absolute Gasteiger partial charge is 0.213 e. The summed E-state index contributed by atoms with van der Waals surface area (Å²) in [5, 5.41) is 0. The van der Waals surface area contributed by atoms with Gasteiger partial charge in [-0.25, -0.2) is 4.98 Å². The van der Waals surface area contributed by atoms with Gasteiger partial charge >= 0.3 is 0 Å². The molecule has 0 aliphatic carbocycles. The Hall–Kier alpha value is -1.22. The molecular weight excluding hydrogens is 169 g/mol. The van der Waals surface area contributed by atoms with Crippen LogP contribution in [0.5, 0.6) is 0 Å². The predicted molar refractivity (Wildman–Crippen MR) is 47.6 cm³/mol. The molecule has 0 radical (unpaired) electrons. The Labute approximate surface area is 76.1 Å². The third-order valence-corrected chi connectivity index (χ3v) is 2.06. The van der Waals surface area contributed by atoms with Crippen molar-refractivity contribution in [2.24, 2.45) is 0 Å². The number of hydrogen-bond acceptors (Lipinski definition) is 2. The highest BCUT2D eigenvalue weighted by Gasteiger charge is 2.06. The van der Waals surface area contributed by atoms with Gasteiger partial charge in [0.1, 0.15) is 0 Å². The third kappa shape index (κ3) is 1.92. The number of hydrogen-bond donors (Lipinski definition) is 0. The van der Waals surface area contributed by atoms with Gasteiger partial charge in [-0.15, -0.1) is 0 Å². The Bertz CT molecular complexity index is 335. The highest BCUT2D eigenvalue weighted by molar-refractivity contribution is 5.65. The number of halogens is 1. The van der Waals surface area contributed by atoms with E-state index < -0.39 is 5.95 Å². The fourth-order valence-electron chi connectivity index (χ4n) is 1.39. The van der Waals surface area contributed by atoms with E-state index in [0.717, 1.165) is 24.2 Å². The first-order valence-electron chi connectivity index (χ1n) is 4.25. The van der Waals surface area contributed by atoms with Gasteiger partial charge in [-0.05, 0) is 23.6 Å². The van der Waals surface area contributed by atoms with Gasteiger partial charge in [-0.2, -0.15) is 4.39 Å². The van der Waals surface area contributed by atoms with Crippen LogP contribution in [0, 0.1) is 5.95 Å². The second-order valence-electron chi connectivity index (χ2n) is 2.92. The Morgan fingerprint density at radius 3 is 3.08 bits per heavy atom. The Kier molecular flexibility index (Phi) is 2.36. The van der Waals surface area contributed by atoms with Crippen molar-refractivity contribution in [3.05, 3.63) is 35.9 Å². The minimum absolute atomic E-state index is 0.426. The number of pyridine rings is 1. The van der Waals surface area contributed by atoms with Crippen LogP contribution in [0.1, 0.15) is 12.0 Å². The van der Waals surface area contributed by atoms with Gasteiger partial charge in [0, 0.05) is 12.3 Å². The third-order valence-electron chi connectivity index (χ3n) is 2.06. The standard InChI is InChI=1S/C10H10FNO/c11-10-7-9(1-4-12-10)8-2-5-13-6-3-8/h1-2,4,7H,3,5-6H2. The maximum Gasteiger partial charge on any atom is 0.213 e.